The van der Waals surface area contributed by atoms with Gasteiger partial charge in [0, 0.05) is 7.05 Å². The van der Waals surface area contributed by atoms with Crippen molar-refractivity contribution in [2.75, 3.05) is 13.6 Å². The second kappa shape index (κ2) is 6.13. The molecule has 2 unspecified atom stereocenters. The van der Waals surface area contributed by atoms with Crippen LogP contribution in [-0.2, 0) is 0 Å². The summed E-state index contributed by atoms with van der Waals surface area (Å²) in [5.41, 5.74) is 2.68. The minimum Gasteiger partial charge on any atom is -0.236 e. The predicted molar refractivity (Wildman–Crippen MR) is 86.3 cm³/mol. The highest BCUT2D eigenvalue weighted by atomic mass is 15.7. The zero-order chi connectivity index (χ0) is 14.7. The number of hydrazine groups is 1. The van der Waals surface area contributed by atoms with Crippen LogP contribution in [0.15, 0.2) is 60.7 Å². The summed E-state index contributed by atoms with van der Waals surface area (Å²) in [6, 6.07) is 22.0. The molecule has 2 aromatic rings. The molecule has 0 radical (unpaired) electrons. The standard InChI is InChI=1S/C19H20N2/c1-3-14-21-19(17-12-8-5-9-13-17)15-18(20(21)2)16-10-6-4-7-11-16/h1,4-13,18-19H,14-15H2,2H3. The molecule has 2 heteroatoms. The largest absolute Gasteiger partial charge is 0.236 e. The Bertz CT molecular complexity index is 615. The Labute approximate surface area is 127 Å². The average molecular weight is 276 g/mol. The molecule has 2 nitrogen and oxygen atoms in total. The molecule has 1 heterocycles. The summed E-state index contributed by atoms with van der Waals surface area (Å²) in [6.07, 6.45) is 6.64. The molecular weight excluding hydrogens is 256 g/mol. The third-order valence-electron chi connectivity index (χ3n) is 4.28. The molecule has 21 heavy (non-hydrogen) atoms. The minimum atomic E-state index is 0.345. The van der Waals surface area contributed by atoms with E-state index in [9.17, 15) is 0 Å². The SMILES string of the molecule is C#CCN1C(c2ccccc2)CC(c2ccccc2)N1C. The van der Waals surface area contributed by atoms with Crippen LogP contribution in [0.1, 0.15) is 29.6 Å². The van der Waals surface area contributed by atoms with E-state index in [2.05, 4.69) is 83.6 Å². The Balaban J connectivity index is 1.92. The summed E-state index contributed by atoms with van der Waals surface area (Å²) in [5, 5.41) is 4.60. The van der Waals surface area contributed by atoms with Crippen molar-refractivity contribution in [3.05, 3.63) is 71.8 Å². The van der Waals surface area contributed by atoms with E-state index in [1.165, 1.54) is 11.1 Å². The topological polar surface area (TPSA) is 6.48 Å². The lowest BCUT2D eigenvalue weighted by molar-refractivity contribution is 0.0108. The van der Waals surface area contributed by atoms with Gasteiger partial charge in [0.15, 0.2) is 0 Å². The molecule has 1 saturated heterocycles. The Morgan fingerprint density at radius 1 is 0.952 bits per heavy atom. The number of benzene rings is 2. The van der Waals surface area contributed by atoms with Crippen molar-refractivity contribution in [2.45, 2.75) is 18.5 Å². The monoisotopic (exact) mass is 276 g/mol. The number of hydrogen-bond donors (Lipinski definition) is 0. The molecule has 1 fully saturated rings. The van der Waals surface area contributed by atoms with Crippen LogP contribution in [0.3, 0.4) is 0 Å². The van der Waals surface area contributed by atoms with E-state index in [-0.39, 0.29) is 0 Å². The molecule has 106 valence electrons. The van der Waals surface area contributed by atoms with E-state index in [4.69, 9.17) is 6.42 Å². The fourth-order valence-corrected chi connectivity index (χ4v) is 3.21. The van der Waals surface area contributed by atoms with Crippen LogP contribution in [0.2, 0.25) is 0 Å². The summed E-state index contributed by atoms with van der Waals surface area (Å²) in [5.74, 6) is 2.80. The van der Waals surface area contributed by atoms with Crippen molar-refractivity contribution >= 4 is 0 Å². The van der Waals surface area contributed by atoms with Crippen molar-refractivity contribution in [1.82, 2.24) is 10.0 Å². The van der Waals surface area contributed by atoms with Gasteiger partial charge in [-0.15, -0.1) is 6.42 Å². The maximum Gasteiger partial charge on any atom is 0.0749 e. The lowest BCUT2D eigenvalue weighted by Crippen LogP contribution is -2.36. The number of hydrogen-bond acceptors (Lipinski definition) is 2. The summed E-state index contributed by atoms with van der Waals surface area (Å²) < 4.78 is 0. The molecule has 1 aliphatic rings. The number of nitrogens with zero attached hydrogens (tertiary/aromatic N) is 2. The Morgan fingerprint density at radius 2 is 1.48 bits per heavy atom. The predicted octanol–water partition coefficient (Wildman–Crippen LogP) is 3.65. The van der Waals surface area contributed by atoms with Gasteiger partial charge in [-0.3, -0.25) is 0 Å². The zero-order valence-electron chi connectivity index (χ0n) is 12.3. The van der Waals surface area contributed by atoms with Crippen molar-refractivity contribution in [3.8, 4) is 12.3 Å². The van der Waals surface area contributed by atoms with Crippen LogP contribution < -0.4 is 0 Å². The summed E-state index contributed by atoms with van der Waals surface area (Å²) in [7, 11) is 2.14. The highest BCUT2D eigenvalue weighted by Gasteiger charge is 2.37. The zero-order valence-corrected chi connectivity index (χ0v) is 12.3. The van der Waals surface area contributed by atoms with Gasteiger partial charge in [-0.25, -0.2) is 10.0 Å². The first-order valence-corrected chi connectivity index (χ1v) is 7.34. The lowest BCUT2D eigenvalue weighted by Gasteiger charge is -2.30. The number of terminal acetylenes is 1. The van der Waals surface area contributed by atoms with E-state index in [0.717, 1.165) is 6.42 Å². The van der Waals surface area contributed by atoms with Gasteiger partial charge in [0.25, 0.3) is 0 Å². The fraction of sp³-hybridized carbons (Fsp3) is 0.263. The molecule has 1 aliphatic heterocycles. The first-order valence-electron chi connectivity index (χ1n) is 7.34. The first-order chi connectivity index (χ1) is 10.3. The van der Waals surface area contributed by atoms with Gasteiger partial charge >= 0.3 is 0 Å². The van der Waals surface area contributed by atoms with Gasteiger partial charge in [0.05, 0.1) is 18.6 Å². The molecule has 0 N–H and O–H groups in total. The molecule has 0 spiro atoms. The van der Waals surface area contributed by atoms with Crippen molar-refractivity contribution in [1.29, 1.82) is 0 Å². The maximum atomic E-state index is 5.58. The van der Waals surface area contributed by atoms with E-state index in [1.54, 1.807) is 0 Å². The van der Waals surface area contributed by atoms with E-state index in [0.29, 0.717) is 18.6 Å². The van der Waals surface area contributed by atoms with Gasteiger partial charge in [0.1, 0.15) is 0 Å². The highest BCUT2D eigenvalue weighted by molar-refractivity contribution is 5.25. The molecule has 0 aromatic heterocycles. The average Bonchev–Trinajstić information content (AvgIpc) is 2.87. The molecule has 0 amide bonds. The first kappa shape index (κ1) is 13.9. The summed E-state index contributed by atoms with van der Waals surface area (Å²) in [4.78, 5) is 0. The highest BCUT2D eigenvalue weighted by Crippen LogP contribution is 2.42. The molecular formula is C19H20N2. The fourth-order valence-electron chi connectivity index (χ4n) is 3.21. The third-order valence-corrected chi connectivity index (χ3v) is 4.28. The van der Waals surface area contributed by atoms with Crippen LogP contribution in [0.4, 0.5) is 0 Å². The molecule has 0 bridgehead atoms. The smallest absolute Gasteiger partial charge is 0.0749 e. The van der Waals surface area contributed by atoms with Crippen LogP contribution in [-0.4, -0.2) is 23.6 Å². The van der Waals surface area contributed by atoms with Crippen LogP contribution in [0.25, 0.3) is 0 Å². The van der Waals surface area contributed by atoms with Crippen LogP contribution in [0, 0.1) is 12.3 Å². The molecule has 0 aliphatic carbocycles. The number of rotatable bonds is 3. The maximum absolute atomic E-state index is 5.58. The van der Waals surface area contributed by atoms with E-state index < -0.39 is 0 Å². The third kappa shape index (κ3) is 2.71. The lowest BCUT2D eigenvalue weighted by atomic mass is 9.97. The van der Waals surface area contributed by atoms with Crippen LogP contribution >= 0.6 is 0 Å². The minimum absolute atomic E-state index is 0.345. The Kier molecular flexibility index (Phi) is 4.06. The van der Waals surface area contributed by atoms with Gasteiger partial charge < -0.3 is 0 Å². The molecule has 0 saturated carbocycles. The van der Waals surface area contributed by atoms with E-state index in [1.807, 2.05) is 0 Å². The van der Waals surface area contributed by atoms with Gasteiger partial charge in [-0.1, -0.05) is 66.6 Å². The second-order valence-corrected chi connectivity index (χ2v) is 5.46. The van der Waals surface area contributed by atoms with E-state index >= 15 is 0 Å². The van der Waals surface area contributed by atoms with Gasteiger partial charge in [-0.2, -0.15) is 0 Å². The molecule has 2 aromatic carbocycles. The van der Waals surface area contributed by atoms with Crippen LogP contribution in [0.5, 0.6) is 0 Å². The second-order valence-electron chi connectivity index (χ2n) is 5.46. The molecule has 2 atom stereocenters. The summed E-state index contributed by atoms with van der Waals surface area (Å²) in [6.45, 7) is 0.638. The van der Waals surface area contributed by atoms with Gasteiger partial charge in [-0.05, 0) is 17.5 Å². The van der Waals surface area contributed by atoms with Crippen molar-refractivity contribution in [2.24, 2.45) is 0 Å². The van der Waals surface area contributed by atoms with Crippen molar-refractivity contribution in [3.63, 3.8) is 0 Å². The quantitative estimate of drug-likeness (QED) is 0.789. The van der Waals surface area contributed by atoms with Gasteiger partial charge in [0.2, 0.25) is 0 Å². The Hall–Kier alpha value is -2.08. The molecule has 3 rings (SSSR count). The summed E-state index contributed by atoms with van der Waals surface area (Å²) >= 11 is 0. The normalized spacial score (nSPS) is 23.0. The van der Waals surface area contributed by atoms with Crippen molar-refractivity contribution < 1.29 is 0 Å². The Morgan fingerprint density at radius 3 is 2.00 bits per heavy atom.